The van der Waals surface area contributed by atoms with Gasteiger partial charge in [0.2, 0.25) is 11.8 Å². The van der Waals surface area contributed by atoms with Crippen LogP contribution in [-0.2, 0) is 9.59 Å². The van der Waals surface area contributed by atoms with Crippen LogP contribution >= 0.6 is 0 Å². The van der Waals surface area contributed by atoms with Gasteiger partial charge in [-0.25, -0.2) is 0 Å². The SMILES string of the molecule is CC(=O)NC(C)C(=O)N(C)CC1CC(O)C1. The first-order chi connectivity index (χ1) is 7.40. The van der Waals surface area contributed by atoms with Crippen molar-refractivity contribution in [3.05, 3.63) is 0 Å². The highest BCUT2D eigenvalue weighted by molar-refractivity contribution is 5.86. The molecule has 0 spiro atoms. The molecule has 5 heteroatoms. The van der Waals surface area contributed by atoms with E-state index in [2.05, 4.69) is 5.32 Å². The number of aliphatic hydroxyl groups excluding tert-OH is 1. The second kappa shape index (κ2) is 5.30. The molecule has 2 N–H and O–H groups in total. The highest BCUT2D eigenvalue weighted by atomic mass is 16.3. The zero-order chi connectivity index (χ0) is 12.3. The molecular weight excluding hydrogens is 208 g/mol. The molecule has 16 heavy (non-hydrogen) atoms. The number of hydrogen-bond donors (Lipinski definition) is 2. The van der Waals surface area contributed by atoms with Crippen LogP contribution in [-0.4, -0.2) is 47.6 Å². The Kier molecular flexibility index (Phi) is 4.29. The van der Waals surface area contributed by atoms with Gasteiger partial charge in [0.1, 0.15) is 6.04 Å². The minimum atomic E-state index is -0.479. The van der Waals surface area contributed by atoms with Crippen molar-refractivity contribution < 1.29 is 14.7 Å². The Balaban J connectivity index is 2.32. The van der Waals surface area contributed by atoms with Crippen LogP contribution in [0.1, 0.15) is 26.7 Å². The predicted octanol–water partition coefficient (Wildman–Crippen LogP) is -0.260. The van der Waals surface area contributed by atoms with E-state index in [0.717, 1.165) is 12.8 Å². The van der Waals surface area contributed by atoms with Gasteiger partial charge in [-0.15, -0.1) is 0 Å². The van der Waals surface area contributed by atoms with Gasteiger partial charge in [-0.3, -0.25) is 9.59 Å². The number of carbonyl (C=O) groups is 2. The van der Waals surface area contributed by atoms with Gasteiger partial charge >= 0.3 is 0 Å². The Morgan fingerprint density at radius 3 is 2.50 bits per heavy atom. The molecule has 0 aliphatic heterocycles. The molecule has 2 amide bonds. The molecule has 1 unspecified atom stereocenters. The van der Waals surface area contributed by atoms with Crippen LogP contribution in [0, 0.1) is 5.92 Å². The first-order valence-electron chi connectivity index (χ1n) is 5.60. The lowest BCUT2D eigenvalue weighted by Crippen LogP contribution is -2.47. The molecule has 0 aromatic heterocycles. The van der Waals surface area contributed by atoms with Gasteiger partial charge in [0, 0.05) is 20.5 Å². The van der Waals surface area contributed by atoms with Crippen LogP contribution in [0.2, 0.25) is 0 Å². The topological polar surface area (TPSA) is 69.6 Å². The standard InChI is InChI=1S/C11H20N2O3/c1-7(12-8(2)14)11(16)13(3)6-9-4-10(15)5-9/h7,9-10,15H,4-6H2,1-3H3,(H,12,14). The van der Waals surface area contributed by atoms with E-state index in [-0.39, 0.29) is 17.9 Å². The molecule has 1 fully saturated rings. The number of amides is 2. The number of likely N-dealkylation sites (N-methyl/N-ethyl adjacent to an activating group) is 1. The smallest absolute Gasteiger partial charge is 0.244 e. The van der Waals surface area contributed by atoms with Gasteiger partial charge in [0.05, 0.1) is 6.10 Å². The zero-order valence-corrected chi connectivity index (χ0v) is 10.1. The van der Waals surface area contributed by atoms with Gasteiger partial charge in [-0.05, 0) is 25.7 Å². The molecule has 1 atom stereocenters. The monoisotopic (exact) mass is 228 g/mol. The van der Waals surface area contributed by atoms with Gasteiger partial charge in [-0.1, -0.05) is 0 Å². The molecule has 1 rings (SSSR count). The molecule has 0 aromatic rings. The first kappa shape index (κ1) is 13.0. The van der Waals surface area contributed by atoms with Crippen molar-refractivity contribution in [2.45, 2.75) is 38.8 Å². The molecule has 0 heterocycles. The Morgan fingerprint density at radius 2 is 2.06 bits per heavy atom. The maximum absolute atomic E-state index is 11.8. The van der Waals surface area contributed by atoms with E-state index < -0.39 is 6.04 Å². The van der Waals surface area contributed by atoms with Crippen molar-refractivity contribution in [2.24, 2.45) is 5.92 Å². The van der Waals surface area contributed by atoms with Gasteiger partial charge in [-0.2, -0.15) is 0 Å². The number of nitrogens with one attached hydrogen (secondary N) is 1. The lowest BCUT2D eigenvalue weighted by atomic mass is 9.82. The number of aliphatic hydroxyl groups is 1. The van der Waals surface area contributed by atoms with Crippen LogP contribution < -0.4 is 5.32 Å². The highest BCUT2D eigenvalue weighted by Crippen LogP contribution is 2.27. The number of rotatable bonds is 4. The van der Waals surface area contributed by atoms with Crippen molar-refractivity contribution >= 4 is 11.8 Å². The maximum atomic E-state index is 11.8. The third-order valence-corrected chi connectivity index (χ3v) is 2.91. The van der Waals surface area contributed by atoms with Crippen molar-refractivity contribution in [3.8, 4) is 0 Å². The van der Waals surface area contributed by atoms with Crippen molar-refractivity contribution in [3.63, 3.8) is 0 Å². The minimum Gasteiger partial charge on any atom is -0.393 e. The molecule has 92 valence electrons. The fourth-order valence-corrected chi connectivity index (χ4v) is 2.02. The van der Waals surface area contributed by atoms with Crippen molar-refractivity contribution in [2.75, 3.05) is 13.6 Å². The summed E-state index contributed by atoms with van der Waals surface area (Å²) in [7, 11) is 1.73. The summed E-state index contributed by atoms with van der Waals surface area (Å²) in [6, 6.07) is -0.479. The van der Waals surface area contributed by atoms with Crippen LogP contribution in [0.15, 0.2) is 0 Å². The van der Waals surface area contributed by atoms with E-state index in [1.807, 2.05) is 0 Å². The van der Waals surface area contributed by atoms with Gasteiger partial charge in [0.25, 0.3) is 0 Å². The van der Waals surface area contributed by atoms with Gasteiger partial charge in [0.15, 0.2) is 0 Å². The van der Waals surface area contributed by atoms with Gasteiger partial charge < -0.3 is 15.3 Å². The Hall–Kier alpha value is -1.10. The quantitative estimate of drug-likeness (QED) is 0.696. The van der Waals surface area contributed by atoms with E-state index in [1.54, 1.807) is 18.9 Å². The average Bonchev–Trinajstić information content (AvgIpc) is 2.12. The van der Waals surface area contributed by atoms with Crippen LogP contribution in [0.5, 0.6) is 0 Å². The van der Waals surface area contributed by atoms with Crippen LogP contribution in [0.4, 0.5) is 0 Å². The summed E-state index contributed by atoms with van der Waals surface area (Å²) >= 11 is 0. The summed E-state index contributed by atoms with van der Waals surface area (Å²) in [5.41, 5.74) is 0. The van der Waals surface area contributed by atoms with Crippen molar-refractivity contribution in [1.82, 2.24) is 10.2 Å². The van der Waals surface area contributed by atoms with Crippen molar-refractivity contribution in [1.29, 1.82) is 0 Å². The molecule has 5 nitrogen and oxygen atoms in total. The molecule has 0 aromatic carbocycles. The lowest BCUT2D eigenvalue weighted by molar-refractivity contribution is -0.135. The molecule has 1 aliphatic carbocycles. The zero-order valence-electron chi connectivity index (χ0n) is 10.1. The van der Waals surface area contributed by atoms with E-state index in [9.17, 15) is 9.59 Å². The Bertz CT molecular complexity index is 274. The Morgan fingerprint density at radius 1 is 1.50 bits per heavy atom. The molecule has 0 saturated heterocycles. The summed E-state index contributed by atoms with van der Waals surface area (Å²) in [5, 5.41) is 11.7. The molecule has 1 saturated carbocycles. The fraction of sp³-hybridized carbons (Fsp3) is 0.818. The maximum Gasteiger partial charge on any atom is 0.244 e. The van der Waals surface area contributed by atoms with E-state index in [1.165, 1.54) is 6.92 Å². The van der Waals surface area contributed by atoms with E-state index >= 15 is 0 Å². The summed E-state index contributed by atoms with van der Waals surface area (Å²) < 4.78 is 0. The molecule has 0 radical (unpaired) electrons. The van der Waals surface area contributed by atoms with E-state index in [4.69, 9.17) is 5.11 Å². The third-order valence-electron chi connectivity index (χ3n) is 2.91. The largest absolute Gasteiger partial charge is 0.393 e. The number of carbonyl (C=O) groups excluding carboxylic acids is 2. The number of nitrogens with zero attached hydrogens (tertiary/aromatic N) is 1. The predicted molar refractivity (Wildman–Crippen MR) is 59.6 cm³/mol. The number of hydrogen-bond acceptors (Lipinski definition) is 3. The van der Waals surface area contributed by atoms with Crippen LogP contribution in [0.3, 0.4) is 0 Å². The minimum absolute atomic E-state index is 0.0865. The fourth-order valence-electron chi connectivity index (χ4n) is 2.02. The molecule has 0 bridgehead atoms. The summed E-state index contributed by atoms with van der Waals surface area (Å²) in [6.07, 6.45) is 1.35. The van der Waals surface area contributed by atoms with Crippen LogP contribution in [0.25, 0.3) is 0 Å². The lowest BCUT2D eigenvalue weighted by Gasteiger charge is -2.35. The summed E-state index contributed by atoms with van der Waals surface area (Å²) in [4.78, 5) is 24.2. The highest BCUT2D eigenvalue weighted by Gasteiger charge is 2.30. The first-order valence-corrected chi connectivity index (χ1v) is 5.60. The van der Waals surface area contributed by atoms with E-state index in [0.29, 0.717) is 12.5 Å². The summed E-state index contributed by atoms with van der Waals surface area (Å²) in [5.74, 6) is 0.110. The third kappa shape index (κ3) is 3.48. The Labute approximate surface area is 95.8 Å². The average molecular weight is 228 g/mol. The molecular formula is C11H20N2O3. The summed E-state index contributed by atoms with van der Waals surface area (Å²) in [6.45, 7) is 3.72. The second-order valence-corrected chi connectivity index (χ2v) is 4.63. The second-order valence-electron chi connectivity index (χ2n) is 4.63. The molecule has 1 aliphatic rings. The normalized spacial score (nSPS) is 25.5.